The lowest BCUT2D eigenvalue weighted by molar-refractivity contribution is -0.207. The first kappa shape index (κ1) is 15.7. The number of carbonyl (C=O) groups excluding carboxylic acids is 1. The maximum atomic E-state index is 12.7. The van der Waals surface area contributed by atoms with Crippen LogP contribution in [0.25, 0.3) is 0 Å². The van der Waals surface area contributed by atoms with E-state index in [1.165, 1.54) is 7.11 Å². The van der Waals surface area contributed by atoms with E-state index in [1.54, 1.807) is 5.32 Å². The molecule has 2 N–H and O–H groups in total. The van der Waals surface area contributed by atoms with Crippen LogP contribution in [-0.4, -0.2) is 41.4 Å². The van der Waals surface area contributed by atoms with Crippen molar-refractivity contribution in [3.8, 4) is 0 Å². The summed E-state index contributed by atoms with van der Waals surface area (Å²) in [6.45, 7) is 0.424. The minimum Gasteiger partial charge on any atom is -0.479 e. The third-order valence-corrected chi connectivity index (χ3v) is 3.56. The van der Waals surface area contributed by atoms with Crippen molar-refractivity contribution in [3.63, 3.8) is 0 Å². The van der Waals surface area contributed by atoms with Crippen molar-refractivity contribution in [2.75, 3.05) is 7.11 Å². The predicted octanol–water partition coefficient (Wildman–Crippen LogP) is 1.47. The van der Waals surface area contributed by atoms with Gasteiger partial charge < -0.3 is 15.2 Å². The lowest BCUT2D eigenvalue weighted by Crippen LogP contribution is -2.62. The second kappa shape index (κ2) is 4.99. The average molecular weight is 283 g/mol. The first-order valence-corrected chi connectivity index (χ1v) is 5.73. The van der Waals surface area contributed by atoms with Crippen molar-refractivity contribution < 1.29 is 32.6 Å². The Morgan fingerprint density at radius 3 is 2.16 bits per heavy atom. The standard InChI is InChI=1S/C11H16F3NO4/c1-9(8(17)18,11(12,13)14)15-7(16)6-10(19-2)4-3-5-10/h3-6H2,1-2H3,(H,15,16)(H,17,18). The molecule has 1 aliphatic carbocycles. The first-order valence-electron chi connectivity index (χ1n) is 5.73. The molecular weight excluding hydrogens is 267 g/mol. The molecule has 0 aliphatic heterocycles. The number of hydrogen-bond donors (Lipinski definition) is 2. The number of ether oxygens (including phenoxy) is 1. The predicted molar refractivity (Wildman–Crippen MR) is 58.4 cm³/mol. The zero-order valence-corrected chi connectivity index (χ0v) is 10.6. The number of methoxy groups -OCH3 is 1. The number of hydrogen-bond acceptors (Lipinski definition) is 3. The molecule has 0 spiro atoms. The summed E-state index contributed by atoms with van der Waals surface area (Å²) < 4.78 is 43.2. The summed E-state index contributed by atoms with van der Waals surface area (Å²) in [6, 6.07) is 0. The Hall–Kier alpha value is -1.31. The monoisotopic (exact) mass is 283 g/mol. The van der Waals surface area contributed by atoms with E-state index in [-0.39, 0.29) is 6.42 Å². The number of nitrogens with one attached hydrogen (secondary N) is 1. The van der Waals surface area contributed by atoms with E-state index in [0.717, 1.165) is 6.42 Å². The second-order valence-corrected chi connectivity index (χ2v) is 4.89. The summed E-state index contributed by atoms with van der Waals surface area (Å²) >= 11 is 0. The molecule has 1 saturated carbocycles. The van der Waals surface area contributed by atoms with E-state index in [4.69, 9.17) is 9.84 Å². The van der Waals surface area contributed by atoms with Crippen LogP contribution in [0.5, 0.6) is 0 Å². The number of rotatable bonds is 5. The summed E-state index contributed by atoms with van der Waals surface area (Å²) in [5.41, 5.74) is -4.04. The maximum Gasteiger partial charge on any atom is 0.422 e. The molecule has 1 atom stereocenters. The van der Waals surface area contributed by atoms with Gasteiger partial charge in [0, 0.05) is 7.11 Å². The van der Waals surface area contributed by atoms with Gasteiger partial charge in [-0.05, 0) is 26.2 Å². The molecule has 0 aromatic heterocycles. The molecule has 0 aromatic carbocycles. The molecule has 0 radical (unpaired) electrons. The fourth-order valence-corrected chi connectivity index (χ4v) is 1.89. The van der Waals surface area contributed by atoms with Crippen LogP contribution in [-0.2, 0) is 14.3 Å². The van der Waals surface area contributed by atoms with E-state index in [0.29, 0.717) is 19.8 Å². The summed E-state index contributed by atoms with van der Waals surface area (Å²) in [5, 5.41) is 10.2. The van der Waals surface area contributed by atoms with Crippen LogP contribution in [0.1, 0.15) is 32.6 Å². The molecule has 0 bridgehead atoms. The third-order valence-electron chi connectivity index (χ3n) is 3.56. The number of aliphatic carboxylic acids is 1. The van der Waals surface area contributed by atoms with Crippen molar-refractivity contribution in [2.24, 2.45) is 0 Å². The molecule has 110 valence electrons. The lowest BCUT2D eigenvalue weighted by atomic mass is 9.77. The Morgan fingerprint density at radius 1 is 1.37 bits per heavy atom. The molecule has 5 nitrogen and oxygen atoms in total. The zero-order valence-electron chi connectivity index (χ0n) is 10.6. The van der Waals surface area contributed by atoms with Gasteiger partial charge in [0.2, 0.25) is 11.4 Å². The molecule has 1 rings (SSSR count). The van der Waals surface area contributed by atoms with E-state index in [2.05, 4.69) is 0 Å². The third kappa shape index (κ3) is 2.99. The number of alkyl halides is 3. The van der Waals surface area contributed by atoms with Gasteiger partial charge in [-0.2, -0.15) is 13.2 Å². The van der Waals surface area contributed by atoms with Gasteiger partial charge in [0.1, 0.15) is 0 Å². The van der Waals surface area contributed by atoms with Gasteiger partial charge in [-0.15, -0.1) is 0 Å². The summed E-state index contributed by atoms with van der Waals surface area (Å²) in [4.78, 5) is 22.4. The highest BCUT2D eigenvalue weighted by atomic mass is 19.4. The van der Waals surface area contributed by atoms with Gasteiger partial charge in [0.05, 0.1) is 12.0 Å². The van der Waals surface area contributed by atoms with Crippen LogP contribution in [0, 0.1) is 0 Å². The van der Waals surface area contributed by atoms with Gasteiger partial charge in [0.25, 0.3) is 0 Å². The van der Waals surface area contributed by atoms with Crippen LogP contribution >= 0.6 is 0 Å². The van der Waals surface area contributed by atoms with Crippen molar-refractivity contribution >= 4 is 11.9 Å². The van der Waals surface area contributed by atoms with Crippen molar-refractivity contribution in [3.05, 3.63) is 0 Å². The van der Waals surface area contributed by atoms with Crippen LogP contribution in [0.2, 0.25) is 0 Å². The largest absolute Gasteiger partial charge is 0.479 e. The van der Waals surface area contributed by atoms with E-state index in [9.17, 15) is 22.8 Å². The Kier molecular flexibility index (Phi) is 4.14. The molecule has 1 unspecified atom stereocenters. The molecule has 0 aromatic rings. The smallest absolute Gasteiger partial charge is 0.422 e. The molecular formula is C11H16F3NO4. The topological polar surface area (TPSA) is 75.6 Å². The molecule has 1 fully saturated rings. The van der Waals surface area contributed by atoms with Crippen LogP contribution in [0.3, 0.4) is 0 Å². The lowest BCUT2D eigenvalue weighted by Gasteiger charge is -2.40. The van der Waals surface area contributed by atoms with Crippen molar-refractivity contribution in [1.29, 1.82) is 0 Å². The van der Waals surface area contributed by atoms with Crippen LogP contribution in [0.15, 0.2) is 0 Å². The van der Waals surface area contributed by atoms with Crippen molar-refractivity contribution in [1.82, 2.24) is 5.32 Å². The fraction of sp³-hybridized carbons (Fsp3) is 0.818. The SMILES string of the molecule is COC1(CC(=O)NC(C)(C(=O)O)C(F)(F)F)CCC1. The highest BCUT2D eigenvalue weighted by Crippen LogP contribution is 2.38. The molecule has 8 heteroatoms. The minimum absolute atomic E-state index is 0.275. The molecule has 1 amide bonds. The number of carbonyl (C=O) groups is 2. The van der Waals surface area contributed by atoms with Crippen LogP contribution in [0.4, 0.5) is 13.2 Å². The number of halogens is 3. The minimum atomic E-state index is -5.08. The normalized spacial score (nSPS) is 21.1. The Morgan fingerprint density at radius 2 is 1.89 bits per heavy atom. The quantitative estimate of drug-likeness (QED) is 0.801. The van der Waals surface area contributed by atoms with Gasteiger partial charge in [-0.3, -0.25) is 4.79 Å². The van der Waals surface area contributed by atoms with Gasteiger partial charge >= 0.3 is 12.1 Å². The number of amides is 1. The van der Waals surface area contributed by atoms with Gasteiger partial charge in [-0.25, -0.2) is 4.79 Å². The molecule has 1 aliphatic rings. The van der Waals surface area contributed by atoms with Gasteiger partial charge in [-0.1, -0.05) is 0 Å². The molecule has 19 heavy (non-hydrogen) atoms. The highest BCUT2D eigenvalue weighted by Gasteiger charge is 2.58. The first-order chi connectivity index (χ1) is 8.56. The van der Waals surface area contributed by atoms with Crippen LogP contribution < -0.4 is 5.32 Å². The van der Waals surface area contributed by atoms with E-state index < -0.39 is 29.2 Å². The summed E-state index contributed by atoms with van der Waals surface area (Å²) in [5.74, 6) is -3.13. The number of carboxylic acids is 1. The van der Waals surface area contributed by atoms with Gasteiger partial charge in [0.15, 0.2) is 0 Å². The highest BCUT2D eigenvalue weighted by molar-refractivity contribution is 5.87. The molecule has 0 saturated heterocycles. The zero-order chi connectivity index (χ0) is 14.9. The van der Waals surface area contributed by atoms with Crippen molar-refractivity contribution in [2.45, 2.75) is 49.9 Å². The maximum absolute atomic E-state index is 12.7. The average Bonchev–Trinajstić information content (AvgIpc) is 2.21. The summed E-state index contributed by atoms with van der Waals surface area (Å²) in [6.07, 6.45) is -3.37. The van der Waals surface area contributed by atoms with E-state index >= 15 is 0 Å². The van der Waals surface area contributed by atoms with E-state index in [1.807, 2.05) is 0 Å². The Bertz CT molecular complexity index is 373. The Labute approximate surface area is 108 Å². The Balaban J connectivity index is 2.76. The number of carboxylic acid groups (broad SMARTS) is 1. The fourth-order valence-electron chi connectivity index (χ4n) is 1.89. The summed E-state index contributed by atoms with van der Waals surface area (Å²) in [7, 11) is 1.38. The second-order valence-electron chi connectivity index (χ2n) is 4.89. The molecule has 0 heterocycles.